The fourth-order valence-corrected chi connectivity index (χ4v) is 4.78. The molecule has 10 heteroatoms. The molecule has 3 N–H and O–H groups in total. The van der Waals surface area contributed by atoms with E-state index in [1.165, 1.54) is 59.8 Å². The zero-order valence-electron chi connectivity index (χ0n) is 17.6. The SMILES string of the molecule is C[C@@H](OC(=O)c1ccc(S(=O)(=O)N2CCCCC2)cc1)C(=O)Nc1ccc(C(N)=O)cc1. The number of anilines is 1. The Hall–Kier alpha value is -3.24. The van der Waals surface area contributed by atoms with Crippen molar-refractivity contribution in [2.75, 3.05) is 18.4 Å². The van der Waals surface area contributed by atoms with Gasteiger partial charge in [0.2, 0.25) is 15.9 Å². The molecule has 1 aliphatic heterocycles. The summed E-state index contributed by atoms with van der Waals surface area (Å²) in [5.74, 6) is -1.90. The average Bonchev–Trinajstić information content (AvgIpc) is 2.80. The van der Waals surface area contributed by atoms with Crippen LogP contribution in [0.2, 0.25) is 0 Å². The number of nitrogens with one attached hydrogen (secondary N) is 1. The Balaban J connectivity index is 1.59. The van der Waals surface area contributed by atoms with Crippen molar-refractivity contribution >= 4 is 33.5 Å². The molecule has 2 aromatic carbocycles. The third-order valence-corrected chi connectivity index (χ3v) is 7.05. The van der Waals surface area contributed by atoms with E-state index < -0.39 is 33.9 Å². The van der Waals surface area contributed by atoms with E-state index in [2.05, 4.69) is 5.32 Å². The number of hydrogen-bond donors (Lipinski definition) is 2. The predicted octanol–water partition coefficient (Wildman–Crippen LogP) is 2.14. The smallest absolute Gasteiger partial charge is 0.338 e. The molecule has 0 aliphatic carbocycles. The number of esters is 1. The number of primary amides is 1. The standard InChI is InChI=1S/C22H25N3O6S/c1-15(21(27)24-18-9-5-16(6-10-18)20(23)26)31-22(28)17-7-11-19(12-8-17)32(29,30)25-13-3-2-4-14-25/h5-12,15H,2-4,13-14H2,1H3,(H2,23,26)(H,24,27)/t15-/m1/s1. The molecule has 9 nitrogen and oxygen atoms in total. The lowest BCUT2D eigenvalue weighted by atomic mass is 10.2. The summed E-state index contributed by atoms with van der Waals surface area (Å²) in [5.41, 5.74) is 6.02. The number of sulfonamides is 1. The molecule has 3 rings (SSSR count). The number of benzene rings is 2. The maximum atomic E-state index is 12.7. The normalized spacial score (nSPS) is 15.5. The highest BCUT2D eigenvalue weighted by atomic mass is 32.2. The van der Waals surface area contributed by atoms with Crippen molar-refractivity contribution < 1.29 is 27.5 Å². The lowest BCUT2D eigenvalue weighted by molar-refractivity contribution is -0.123. The van der Waals surface area contributed by atoms with Crippen molar-refractivity contribution in [1.82, 2.24) is 4.31 Å². The van der Waals surface area contributed by atoms with E-state index in [9.17, 15) is 22.8 Å². The summed E-state index contributed by atoms with van der Waals surface area (Å²) in [6.07, 6.45) is 1.58. The quantitative estimate of drug-likeness (QED) is 0.609. The third-order valence-electron chi connectivity index (χ3n) is 5.13. The van der Waals surface area contributed by atoms with Crippen molar-refractivity contribution in [3.05, 3.63) is 59.7 Å². The van der Waals surface area contributed by atoms with Crippen molar-refractivity contribution in [3.63, 3.8) is 0 Å². The maximum Gasteiger partial charge on any atom is 0.338 e. The van der Waals surface area contributed by atoms with Gasteiger partial charge in [0.05, 0.1) is 10.5 Å². The van der Waals surface area contributed by atoms with Gasteiger partial charge in [-0.3, -0.25) is 9.59 Å². The topological polar surface area (TPSA) is 136 Å². The van der Waals surface area contributed by atoms with Gasteiger partial charge in [0.15, 0.2) is 6.10 Å². The van der Waals surface area contributed by atoms with Crippen LogP contribution < -0.4 is 11.1 Å². The highest BCUT2D eigenvalue weighted by Gasteiger charge is 2.26. The summed E-state index contributed by atoms with van der Waals surface area (Å²) < 4.78 is 32.0. The first-order chi connectivity index (χ1) is 15.2. The molecule has 0 spiro atoms. The van der Waals surface area contributed by atoms with E-state index in [0.717, 1.165) is 19.3 Å². The minimum Gasteiger partial charge on any atom is -0.449 e. The van der Waals surface area contributed by atoms with E-state index in [1.54, 1.807) is 0 Å². The monoisotopic (exact) mass is 459 g/mol. The van der Waals surface area contributed by atoms with E-state index in [0.29, 0.717) is 24.3 Å². The van der Waals surface area contributed by atoms with E-state index in [1.807, 2.05) is 0 Å². The van der Waals surface area contributed by atoms with Crippen LogP contribution in [0.15, 0.2) is 53.4 Å². The lowest BCUT2D eigenvalue weighted by Gasteiger charge is -2.25. The lowest BCUT2D eigenvalue weighted by Crippen LogP contribution is -2.35. The van der Waals surface area contributed by atoms with Crippen LogP contribution in [0, 0.1) is 0 Å². The molecule has 1 heterocycles. The fraction of sp³-hybridized carbons (Fsp3) is 0.318. The second-order valence-electron chi connectivity index (χ2n) is 7.47. The summed E-state index contributed by atoms with van der Waals surface area (Å²) in [6.45, 7) is 2.40. The van der Waals surface area contributed by atoms with Gasteiger partial charge in [0, 0.05) is 24.3 Å². The van der Waals surface area contributed by atoms with Gasteiger partial charge in [0.25, 0.3) is 5.91 Å². The van der Waals surface area contributed by atoms with Crippen LogP contribution in [0.3, 0.4) is 0 Å². The molecule has 0 unspecified atom stereocenters. The Morgan fingerprint density at radius 2 is 1.50 bits per heavy atom. The van der Waals surface area contributed by atoms with Crippen molar-refractivity contribution in [2.24, 2.45) is 5.73 Å². The zero-order valence-corrected chi connectivity index (χ0v) is 18.4. The minimum absolute atomic E-state index is 0.112. The first kappa shape index (κ1) is 23.4. The van der Waals surface area contributed by atoms with Gasteiger partial charge in [-0.2, -0.15) is 4.31 Å². The van der Waals surface area contributed by atoms with Crippen LogP contribution in [0.1, 0.15) is 46.9 Å². The predicted molar refractivity (Wildman–Crippen MR) is 118 cm³/mol. The summed E-state index contributed by atoms with van der Waals surface area (Å²) in [7, 11) is -3.60. The number of ether oxygens (including phenoxy) is 1. The Morgan fingerprint density at radius 3 is 2.06 bits per heavy atom. The largest absolute Gasteiger partial charge is 0.449 e. The fourth-order valence-electron chi connectivity index (χ4n) is 3.26. The number of carbonyl (C=O) groups excluding carboxylic acids is 3. The zero-order chi connectivity index (χ0) is 23.3. The van der Waals surface area contributed by atoms with Gasteiger partial charge in [-0.25, -0.2) is 13.2 Å². The van der Waals surface area contributed by atoms with Gasteiger partial charge in [0.1, 0.15) is 0 Å². The van der Waals surface area contributed by atoms with Gasteiger partial charge in [-0.15, -0.1) is 0 Å². The van der Waals surface area contributed by atoms with Crippen LogP contribution >= 0.6 is 0 Å². The summed E-state index contributed by atoms with van der Waals surface area (Å²) in [6, 6.07) is 11.4. The molecule has 1 aliphatic rings. The number of nitrogens with two attached hydrogens (primary N) is 1. The second-order valence-corrected chi connectivity index (χ2v) is 9.41. The number of carbonyl (C=O) groups is 3. The molecule has 0 saturated carbocycles. The summed E-state index contributed by atoms with van der Waals surface area (Å²) >= 11 is 0. The Bertz CT molecular complexity index is 1090. The number of hydrogen-bond acceptors (Lipinski definition) is 6. The summed E-state index contributed by atoms with van der Waals surface area (Å²) in [5, 5.41) is 2.58. The van der Waals surface area contributed by atoms with Crippen LogP contribution in [0.25, 0.3) is 0 Å². The number of piperidine rings is 1. The van der Waals surface area contributed by atoms with Gasteiger partial charge in [-0.05, 0) is 68.3 Å². The highest BCUT2D eigenvalue weighted by Crippen LogP contribution is 2.21. The molecular weight excluding hydrogens is 434 g/mol. The Kier molecular flexibility index (Phi) is 7.26. The van der Waals surface area contributed by atoms with Crippen LogP contribution in [-0.4, -0.2) is 49.7 Å². The van der Waals surface area contributed by atoms with Crippen LogP contribution in [-0.2, 0) is 19.6 Å². The molecule has 1 fully saturated rings. The molecule has 0 aromatic heterocycles. The number of nitrogens with zero attached hydrogens (tertiary/aromatic N) is 1. The molecular formula is C22H25N3O6S. The second kappa shape index (κ2) is 9.92. The van der Waals surface area contributed by atoms with Gasteiger partial charge in [-0.1, -0.05) is 6.42 Å². The molecule has 2 amide bonds. The minimum atomic E-state index is -3.60. The van der Waals surface area contributed by atoms with Crippen LogP contribution in [0.4, 0.5) is 5.69 Å². The maximum absolute atomic E-state index is 12.7. The first-order valence-electron chi connectivity index (χ1n) is 10.2. The van der Waals surface area contributed by atoms with Crippen LogP contribution in [0.5, 0.6) is 0 Å². The average molecular weight is 460 g/mol. The first-order valence-corrected chi connectivity index (χ1v) is 11.6. The Morgan fingerprint density at radius 1 is 0.938 bits per heavy atom. The van der Waals surface area contributed by atoms with Crippen molar-refractivity contribution in [1.29, 1.82) is 0 Å². The molecule has 1 saturated heterocycles. The molecule has 170 valence electrons. The molecule has 2 aromatic rings. The van der Waals surface area contributed by atoms with E-state index in [4.69, 9.17) is 10.5 Å². The van der Waals surface area contributed by atoms with Crippen molar-refractivity contribution in [3.8, 4) is 0 Å². The molecule has 0 radical (unpaired) electrons. The number of rotatable bonds is 7. The Labute approximate surface area is 186 Å². The third kappa shape index (κ3) is 5.51. The molecule has 1 atom stereocenters. The van der Waals surface area contributed by atoms with E-state index in [-0.39, 0.29) is 10.5 Å². The number of amides is 2. The van der Waals surface area contributed by atoms with Crippen molar-refractivity contribution in [2.45, 2.75) is 37.2 Å². The summed E-state index contributed by atoms with van der Waals surface area (Å²) in [4.78, 5) is 35.9. The molecule has 0 bridgehead atoms. The highest BCUT2D eigenvalue weighted by molar-refractivity contribution is 7.89. The van der Waals surface area contributed by atoms with Gasteiger partial charge < -0.3 is 15.8 Å². The van der Waals surface area contributed by atoms with E-state index >= 15 is 0 Å². The van der Waals surface area contributed by atoms with Gasteiger partial charge >= 0.3 is 5.97 Å². The molecule has 32 heavy (non-hydrogen) atoms.